The maximum absolute atomic E-state index is 9.70. The number of phenolic OH excluding ortho intramolecular Hbond substituents is 1. The van der Waals surface area contributed by atoms with Gasteiger partial charge in [-0.2, -0.15) is 0 Å². The van der Waals surface area contributed by atoms with E-state index in [1.807, 2.05) is 26.8 Å². The number of fused-ring (bicyclic) bond motifs is 1. The highest BCUT2D eigenvalue weighted by molar-refractivity contribution is 5.82. The third kappa shape index (κ3) is 1.25. The van der Waals surface area contributed by atoms with E-state index in [4.69, 9.17) is 4.52 Å². The molecule has 2 aromatic rings. The summed E-state index contributed by atoms with van der Waals surface area (Å²) in [5.74, 6) is 0.581. The van der Waals surface area contributed by atoms with E-state index in [1.54, 1.807) is 6.07 Å². The minimum Gasteiger partial charge on any atom is -0.508 e. The molecule has 1 heterocycles. The number of hydrogen-bond acceptors (Lipinski definition) is 3. The van der Waals surface area contributed by atoms with E-state index in [1.165, 1.54) is 0 Å². The van der Waals surface area contributed by atoms with E-state index in [0.717, 1.165) is 16.6 Å². The Hall–Kier alpha value is -1.51. The third-order valence-electron chi connectivity index (χ3n) is 2.42. The number of phenols is 1. The Bertz CT molecular complexity index is 471. The lowest BCUT2D eigenvalue weighted by molar-refractivity contribution is 0.442. The van der Waals surface area contributed by atoms with Crippen molar-refractivity contribution in [2.75, 3.05) is 0 Å². The maximum atomic E-state index is 9.70. The van der Waals surface area contributed by atoms with Crippen molar-refractivity contribution in [1.29, 1.82) is 0 Å². The summed E-state index contributed by atoms with van der Waals surface area (Å²) in [6, 6.07) is 3.58. The highest BCUT2D eigenvalue weighted by atomic mass is 16.5. The normalized spacial score (nSPS) is 11.4. The van der Waals surface area contributed by atoms with E-state index < -0.39 is 0 Å². The lowest BCUT2D eigenvalue weighted by Gasteiger charge is -2.07. The van der Waals surface area contributed by atoms with Gasteiger partial charge in [-0.25, -0.2) is 0 Å². The summed E-state index contributed by atoms with van der Waals surface area (Å²) in [6.07, 6.45) is 0. The molecule has 0 unspecified atom stereocenters. The molecule has 1 N–H and O–H groups in total. The van der Waals surface area contributed by atoms with Gasteiger partial charge in [-0.15, -0.1) is 0 Å². The van der Waals surface area contributed by atoms with Crippen molar-refractivity contribution in [3.63, 3.8) is 0 Å². The topological polar surface area (TPSA) is 46.3 Å². The minimum absolute atomic E-state index is 0.281. The van der Waals surface area contributed by atoms with E-state index in [9.17, 15) is 5.11 Å². The SMILES string of the molecule is Cc1noc2cc(O)c(C(C)C)cc12. The van der Waals surface area contributed by atoms with Gasteiger partial charge in [0.25, 0.3) is 0 Å². The second-order valence-electron chi connectivity index (χ2n) is 3.83. The van der Waals surface area contributed by atoms with Gasteiger partial charge in [-0.1, -0.05) is 19.0 Å². The van der Waals surface area contributed by atoms with Gasteiger partial charge >= 0.3 is 0 Å². The Labute approximate surface area is 82.3 Å². The average Bonchev–Trinajstić information content (AvgIpc) is 2.46. The molecule has 1 aromatic heterocycles. The van der Waals surface area contributed by atoms with Gasteiger partial charge in [0.1, 0.15) is 5.75 Å². The number of hydrogen-bond donors (Lipinski definition) is 1. The van der Waals surface area contributed by atoms with Crippen molar-refractivity contribution >= 4 is 11.0 Å². The summed E-state index contributed by atoms with van der Waals surface area (Å²) in [7, 11) is 0. The average molecular weight is 191 g/mol. The van der Waals surface area contributed by atoms with Gasteiger partial charge in [0, 0.05) is 11.5 Å². The molecule has 74 valence electrons. The van der Waals surface area contributed by atoms with Crippen LogP contribution in [-0.2, 0) is 0 Å². The monoisotopic (exact) mass is 191 g/mol. The summed E-state index contributed by atoms with van der Waals surface area (Å²) in [5.41, 5.74) is 2.44. The largest absolute Gasteiger partial charge is 0.508 e. The lowest BCUT2D eigenvalue weighted by Crippen LogP contribution is -1.87. The van der Waals surface area contributed by atoms with E-state index in [2.05, 4.69) is 5.16 Å². The molecule has 3 nitrogen and oxygen atoms in total. The number of rotatable bonds is 1. The zero-order chi connectivity index (χ0) is 10.3. The van der Waals surface area contributed by atoms with Crippen LogP contribution >= 0.6 is 0 Å². The van der Waals surface area contributed by atoms with Crippen LogP contribution in [0.5, 0.6) is 5.75 Å². The molecule has 0 radical (unpaired) electrons. The summed E-state index contributed by atoms with van der Waals surface area (Å²) in [4.78, 5) is 0. The Balaban J connectivity index is 2.74. The maximum Gasteiger partial charge on any atom is 0.170 e. The van der Waals surface area contributed by atoms with Crippen molar-refractivity contribution in [3.05, 3.63) is 23.4 Å². The predicted octanol–water partition coefficient (Wildman–Crippen LogP) is 2.97. The smallest absolute Gasteiger partial charge is 0.170 e. The number of aromatic nitrogens is 1. The molecule has 0 bridgehead atoms. The summed E-state index contributed by atoms with van der Waals surface area (Å²) >= 11 is 0. The second kappa shape index (κ2) is 3.01. The van der Waals surface area contributed by atoms with Crippen molar-refractivity contribution in [2.24, 2.45) is 0 Å². The highest BCUT2D eigenvalue weighted by Crippen LogP contribution is 2.31. The molecule has 1 aromatic carbocycles. The van der Waals surface area contributed by atoms with Gasteiger partial charge in [-0.05, 0) is 24.5 Å². The third-order valence-corrected chi connectivity index (χ3v) is 2.42. The number of nitrogens with zero attached hydrogens (tertiary/aromatic N) is 1. The van der Waals surface area contributed by atoms with Gasteiger partial charge in [0.15, 0.2) is 5.58 Å². The first-order valence-electron chi connectivity index (χ1n) is 4.68. The van der Waals surface area contributed by atoms with Gasteiger partial charge in [-0.3, -0.25) is 0 Å². The van der Waals surface area contributed by atoms with Gasteiger partial charge in [0.05, 0.1) is 5.69 Å². The first kappa shape index (κ1) is 9.06. The number of aromatic hydroxyl groups is 1. The van der Waals surface area contributed by atoms with Gasteiger partial charge < -0.3 is 9.63 Å². The van der Waals surface area contributed by atoms with Crippen LogP contribution in [0, 0.1) is 6.92 Å². The van der Waals surface area contributed by atoms with E-state index in [-0.39, 0.29) is 5.75 Å². The van der Waals surface area contributed by atoms with Crippen LogP contribution in [0.1, 0.15) is 31.0 Å². The van der Waals surface area contributed by atoms with Crippen LogP contribution < -0.4 is 0 Å². The number of benzene rings is 1. The Morgan fingerprint density at radius 2 is 2.07 bits per heavy atom. The van der Waals surface area contributed by atoms with Crippen molar-refractivity contribution < 1.29 is 9.63 Å². The standard InChI is InChI=1S/C11H13NO2/c1-6(2)8-4-9-7(3)12-14-11(9)5-10(8)13/h4-6,13H,1-3H3. The molecule has 3 heteroatoms. The van der Waals surface area contributed by atoms with E-state index >= 15 is 0 Å². The van der Waals surface area contributed by atoms with Crippen LogP contribution in [0.25, 0.3) is 11.0 Å². The van der Waals surface area contributed by atoms with Crippen LogP contribution in [0.4, 0.5) is 0 Å². The van der Waals surface area contributed by atoms with Crippen molar-refractivity contribution in [3.8, 4) is 5.75 Å². The summed E-state index contributed by atoms with van der Waals surface area (Å²) < 4.78 is 5.05. The van der Waals surface area contributed by atoms with Crippen LogP contribution in [0.2, 0.25) is 0 Å². The first-order valence-corrected chi connectivity index (χ1v) is 4.68. The molecule has 0 aliphatic carbocycles. The van der Waals surface area contributed by atoms with Crippen LogP contribution in [0.3, 0.4) is 0 Å². The Morgan fingerprint density at radius 1 is 1.36 bits per heavy atom. The van der Waals surface area contributed by atoms with Crippen molar-refractivity contribution in [1.82, 2.24) is 5.16 Å². The fourth-order valence-electron chi connectivity index (χ4n) is 1.57. The lowest BCUT2D eigenvalue weighted by atomic mass is 10.00. The predicted molar refractivity (Wildman–Crippen MR) is 54.5 cm³/mol. The quantitative estimate of drug-likeness (QED) is 0.753. The molecular formula is C11H13NO2. The first-order chi connectivity index (χ1) is 6.59. The fraction of sp³-hybridized carbons (Fsp3) is 0.364. The number of aryl methyl sites for hydroxylation is 1. The molecule has 2 rings (SSSR count). The highest BCUT2D eigenvalue weighted by Gasteiger charge is 2.11. The molecule has 0 saturated carbocycles. The molecule has 0 fully saturated rings. The molecule has 0 amide bonds. The zero-order valence-electron chi connectivity index (χ0n) is 8.53. The summed E-state index contributed by atoms with van der Waals surface area (Å²) in [5, 5.41) is 14.5. The second-order valence-corrected chi connectivity index (χ2v) is 3.83. The van der Waals surface area contributed by atoms with Crippen LogP contribution in [0.15, 0.2) is 16.7 Å². The minimum atomic E-state index is 0.281. The van der Waals surface area contributed by atoms with E-state index in [0.29, 0.717) is 11.5 Å². The zero-order valence-corrected chi connectivity index (χ0v) is 8.53. The molecule has 0 aliphatic rings. The molecule has 0 aliphatic heterocycles. The molecular weight excluding hydrogens is 178 g/mol. The summed E-state index contributed by atoms with van der Waals surface area (Å²) in [6.45, 7) is 5.99. The Morgan fingerprint density at radius 3 is 2.71 bits per heavy atom. The Kier molecular flexibility index (Phi) is 1.95. The molecule has 14 heavy (non-hydrogen) atoms. The molecule has 0 saturated heterocycles. The van der Waals surface area contributed by atoms with Gasteiger partial charge in [0.2, 0.25) is 0 Å². The van der Waals surface area contributed by atoms with Crippen molar-refractivity contribution in [2.45, 2.75) is 26.7 Å². The van der Waals surface area contributed by atoms with Crippen LogP contribution in [-0.4, -0.2) is 10.3 Å². The molecule has 0 spiro atoms. The fourth-order valence-corrected chi connectivity index (χ4v) is 1.57. The molecule has 0 atom stereocenters.